The molecular weight excluding hydrogens is 262 g/mol. The lowest BCUT2D eigenvalue weighted by atomic mass is 10.4. The Labute approximate surface area is 93.5 Å². The molecule has 0 spiro atoms. The van der Waals surface area contributed by atoms with E-state index in [9.17, 15) is 4.79 Å². The maximum atomic E-state index is 10.6. The Kier molecular flexibility index (Phi) is 2.51. The minimum absolute atomic E-state index is 0.00690. The van der Waals surface area contributed by atoms with Crippen LogP contribution < -0.4 is 0 Å². The van der Waals surface area contributed by atoms with E-state index in [0.717, 1.165) is 4.47 Å². The van der Waals surface area contributed by atoms with Gasteiger partial charge in [-0.25, -0.2) is 14.8 Å². The first-order valence-electron chi connectivity index (χ1n) is 4.06. The van der Waals surface area contributed by atoms with Gasteiger partial charge in [0.15, 0.2) is 11.5 Å². The average Bonchev–Trinajstić information content (AvgIpc) is 2.67. The van der Waals surface area contributed by atoms with Crippen LogP contribution in [0.5, 0.6) is 0 Å². The van der Waals surface area contributed by atoms with Gasteiger partial charge in [-0.2, -0.15) is 0 Å². The largest absolute Gasteiger partial charge is 0.476 e. The third kappa shape index (κ3) is 1.89. The number of hydrogen-bond acceptors (Lipinski definition) is 3. The van der Waals surface area contributed by atoms with Crippen molar-refractivity contribution in [2.75, 3.05) is 0 Å². The molecule has 15 heavy (non-hydrogen) atoms. The lowest BCUT2D eigenvalue weighted by Crippen LogP contribution is -1.97. The Morgan fingerprint density at radius 1 is 1.47 bits per heavy atom. The number of hydrogen-bond donors (Lipinski definition) is 1. The summed E-state index contributed by atoms with van der Waals surface area (Å²) in [6, 6.07) is 3.60. The number of halogens is 1. The Morgan fingerprint density at radius 3 is 2.87 bits per heavy atom. The zero-order chi connectivity index (χ0) is 10.8. The van der Waals surface area contributed by atoms with E-state index in [1.807, 2.05) is 6.07 Å². The van der Waals surface area contributed by atoms with E-state index < -0.39 is 5.97 Å². The number of aromatic carboxylic acids is 1. The van der Waals surface area contributed by atoms with E-state index in [2.05, 4.69) is 25.9 Å². The summed E-state index contributed by atoms with van der Waals surface area (Å²) < 4.78 is 2.33. The molecule has 0 aromatic carbocycles. The topological polar surface area (TPSA) is 68.0 Å². The molecule has 0 aliphatic carbocycles. The number of rotatable bonds is 2. The van der Waals surface area contributed by atoms with Gasteiger partial charge in [-0.05, 0) is 28.1 Å². The van der Waals surface area contributed by atoms with E-state index >= 15 is 0 Å². The standard InChI is InChI=1S/C9H6BrN3O2/c10-6-2-1-3-11-8(6)13-4-7(9(14)15)12-5-13/h1-5H,(H,14,15). The Balaban J connectivity index is 2.46. The van der Waals surface area contributed by atoms with E-state index in [1.165, 1.54) is 12.5 Å². The summed E-state index contributed by atoms with van der Waals surface area (Å²) in [6.07, 6.45) is 4.45. The van der Waals surface area contributed by atoms with Crippen LogP contribution in [0, 0.1) is 0 Å². The molecule has 0 radical (unpaired) electrons. The first-order valence-corrected chi connectivity index (χ1v) is 4.86. The SMILES string of the molecule is O=C(O)c1cn(-c2ncccc2Br)cn1. The highest BCUT2D eigenvalue weighted by molar-refractivity contribution is 9.10. The monoisotopic (exact) mass is 267 g/mol. The van der Waals surface area contributed by atoms with Gasteiger partial charge in [-0.15, -0.1) is 0 Å². The molecular formula is C9H6BrN3O2. The van der Waals surface area contributed by atoms with E-state index in [1.54, 1.807) is 16.8 Å². The minimum atomic E-state index is -1.05. The fourth-order valence-electron chi connectivity index (χ4n) is 1.12. The Hall–Kier alpha value is -1.69. The predicted molar refractivity (Wildman–Crippen MR) is 56.0 cm³/mol. The van der Waals surface area contributed by atoms with E-state index in [-0.39, 0.29) is 5.69 Å². The molecule has 1 N–H and O–H groups in total. The second kappa shape index (κ2) is 3.82. The van der Waals surface area contributed by atoms with Crippen LogP contribution >= 0.6 is 15.9 Å². The van der Waals surface area contributed by atoms with E-state index in [4.69, 9.17) is 5.11 Å². The Bertz CT molecular complexity index is 510. The minimum Gasteiger partial charge on any atom is -0.476 e. The van der Waals surface area contributed by atoms with Gasteiger partial charge in [0, 0.05) is 12.4 Å². The number of imidazole rings is 1. The summed E-state index contributed by atoms with van der Waals surface area (Å²) in [7, 11) is 0. The van der Waals surface area contributed by atoms with Crippen molar-refractivity contribution in [2.24, 2.45) is 0 Å². The third-order valence-electron chi connectivity index (χ3n) is 1.79. The molecule has 0 fully saturated rings. The second-order valence-corrected chi connectivity index (χ2v) is 3.63. The molecule has 0 atom stereocenters. The zero-order valence-corrected chi connectivity index (χ0v) is 9.05. The molecule has 0 unspecified atom stereocenters. The smallest absolute Gasteiger partial charge is 0.356 e. The quantitative estimate of drug-likeness (QED) is 0.900. The van der Waals surface area contributed by atoms with Crippen molar-refractivity contribution in [3.05, 3.63) is 41.0 Å². The summed E-state index contributed by atoms with van der Waals surface area (Å²) >= 11 is 3.32. The molecule has 0 saturated carbocycles. The fourth-order valence-corrected chi connectivity index (χ4v) is 1.58. The van der Waals surface area contributed by atoms with Crippen molar-refractivity contribution >= 4 is 21.9 Å². The second-order valence-electron chi connectivity index (χ2n) is 2.78. The molecule has 0 amide bonds. The molecule has 0 bridgehead atoms. The van der Waals surface area contributed by atoms with Gasteiger partial charge in [-0.1, -0.05) is 0 Å². The summed E-state index contributed by atoms with van der Waals surface area (Å²) in [4.78, 5) is 18.5. The molecule has 5 nitrogen and oxygen atoms in total. The zero-order valence-electron chi connectivity index (χ0n) is 7.46. The van der Waals surface area contributed by atoms with Crippen LogP contribution in [0.1, 0.15) is 10.5 Å². The van der Waals surface area contributed by atoms with Crippen LogP contribution in [0.3, 0.4) is 0 Å². The molecule has 2 rings (SSSR count). The fraction of sp³-hybridized carbons (Fsp3) is 0. The van der Waals surface area contributed by atoms with Gasteiger partial charge in [0.1, 0.15) is 6.33 Å². The van der Waals surface area contributed by atoms with E-state index in [0.29, 0.717) is 5.82 Å². The summed E-state index contributed by atoms with van der Waals surface area (Å²) in [6.45, 7) is 0. The normalized spacial score (nSPS) is 10.2. The van der Waals surface area contributed by atoms with Crippen molar-refractivity contribution in [3.63, 3.8) is 0 Å². The summed E-state index contributed by atoms with van der Waals surface area (Å²) in [5.74, 6) is -0.446. The average molecular weight is 268 g/mol. The van der Waals surface area contributed by atoms with Gasteiger partial charge in [0.2, 0.25) is 0 Å². The van der Waals surface area contributed by atoms with Crippen LogP contribution in [0.25, 0.3) is 5.82 Å². The third-order valence-corrected chi connectivity index (χ3v) is 2.40. The number of nitrogens with zero attached hydrogens (tertiary/aromatic N) is 3. The van der Waals surface area contributed by atoms with Crippen molar-refractivity contribution in [3.8, 4) is 5.82 Å². The maximum absolute atomic E-state index is 10.6. The first kappa shape index (κ1) is 9.85. The van der Waals surface area contributed by atoms with Crippen molar-refractivity contribution in [1.29, 1.82) is 0 Å². The van der Waals surface area contributed by atoms with Crippen molar-refractivity contribution in [2.45, 2.75) is 0 Å². The highest BCUT2D eigenvalue weighted by Crippen LogP contribution is 2.17. The van der Waals surface area contributed by atoms with Crippen LogP contribution in [0.4, 0.5) is 0 Å². The molecule has 2 aromatic rings. The van der Waals surface area contributed by atoms with Crippen molar-refractivity contribution in [1.82, 2.24) is 14.5 Å². The molecule has 0 saturated heterocycles. The van der Waals surface area contributed by atoms with Crippen molar-refractivity contribution < 1.29 is 9.90 Å². The summed E-state index contributed by atoms with van der Waals surface area (Å²) in [5, 5.41) is 8.71. The molecule has 0 aliphatic heterocycles. The van der Waals surface area contributed by atoms with Crippen LogP contribution in [0.2, 0.25) is 0 Å². The summed E-state index contributed by atoms with van der Waals surface area (Å²) in [5.41, 5.74) is -0.00690. The number of aromatic nitrogens is 3. The van der Waals surface area contributed by atoms with Gasteiger partial charge in [0.05, 0.1) is 4.47 Å². The van der Waals surface area contributed by atoms with Crippen LogP contribution in [-0.2, 0) is 0 Å². The predicted octanol–water partition coefficient (Wildman–Crippen LogP) is 1.73. The van der Waals surface area contributed by atoms with Crippen LogP contribution in [0.15, 0.2) is 35.3 Å². The molecule has 6 heteroatoms. The molecule has 2 heterocycles. The number of pyridine rings is 1. The maximum Gasteiger partial charge on any atom is 0.356 e. The van der Waals surface area contributed by atoms with Gasteiger partial charge in [0.25, 0.3) is 0 Å². The number of carboxylic acids is 1. The highest BCUT2D eigenvalue weighted by Gasteiger charge is 2.09. The molecule has 76 valence electrons. The lowest BCUT2D eigenvalue weighted by molar-refractivity contribution is 0.0691. The molecule has 0 aliphatic rings. The van der Waals surface area contributed by atoms with Gasteiger partial charge in [-0.3, -0.25) is 4.57 Å². The first-order chi connectivity index (χ1) is 7.18. The number of carboxylic acid groups (broad SMARTS) is 1. The molecule has 2 aromatic heterocycles. The van der Waals surface area contributed by atoms with Gasteiger partial charge < -0.3 is 5.11 Å². The Morgan fingerprint density at radius 2 is 2.27 bits per heavy atom. The number of carbonyl (C=O) groups is 1. The van der Waals surface area contributed by atoms with Crippen LogP contribution in [-0.4, -0.2) is 25.6 Å². The lowest BCUT2D eigenvalue weighted by Gasteiger charge is -2.01. The van der Waals surface area contributed by atoms with Gasteiger partial charge >= 0.3 is 5.97 Å². The highest BCUT2D eigenvalue weighted by atomic mass is 79.9.